The van der Waals surface area contributed by atoms with Crippen LogP contribution in [-0.2, 0) is 30.6 Å². The van der Waals surface area contributed by atoms with Crippen LogP contribution in [0.2, 0.25) is 0 Å². The van der Waals surface area contributed by atoms with Crippen LogP contribution in [0.1, 0.15) is 22.4 Å². The molecule has 0 bridgehead atoms. The number of nitrogens with one attached hydrogen (secondary N) is 1. The number of fused-ring (bicyclic) bond motifs is 1. The van der Waals surface area contributed by atoms with E-state index in [4.69, 9.17) is 0 Å². The number of carbonyl (C=O) groups excluding carboxylic acids is 1. The van der Waals surface area contributed by atoms with Gasteiger partial charge < -0.3 is 4.90 Å². The van der Waals surface area contributed by atoms with Gasteiger partial charge in [0.1, 0.15) is 5.82 Å². The minimum Gasteiger partial charge on any atom is -0.334 e. The van der Waals surface area contributed by atoms with Gasteiger partial charge in [0, 0.05) is 30.0 Å². The van der Waals surface area contributed by atoms with E-state index in [1.165, 1.54) is 17.2 Å². The van der Waals surface area contributed by atoms with Gasteiger partial charge in [-0.2, -0.15) is 5.10 Å². The summed E-state index contributed by atoms with van der Waals surface area (Å²) in [6.45, 7) is 0.276. The summed E-state index contributed by atoms with van der Waals surface area (Å²) in [5.41, 5.74) is 3.85. The first-order chi connectivity index (χ1) is 12.7. The molecule has 1 aliphatic carbocycles. The van der Waals surface area contributed by atoms with E-state index in [0.717, 1.165) is 18.5 Å². The van der Waals surface area contributed by atoms with E-state index in [9.17, 15) is 9.18 Å². The minimum atomic E-state index is -0.276. The van der Waals surface area contributed by atoms with Crippen LogP contribution in [0, 0.1) is 5.82 Å². The molecule has 0 spiro atoms. The molecule has 0 aliphatic heterocycles. The maximum Gasteiger partial charge on any atom is 0.229 e. The van der Waals surface area contributed by atoms with E-state index in [1.54, 1.807) is 30.5 Å². The summed E-state index contributed by atoms with van der Waals surface area (Å²) in [5, 5.41) is 6.74. The summed E-state index contributed by atoms with van der Waals surface area (Å²) < 4.78 is 14.2. The molecule has 132 valence electrons. The topological polar surface area (TPSA) is 49.0 Å². The molecule has 0 fully saturated rings. The maximum absolute atomic E-state index is 14.2. The Bertz CT molecular complexity index is 882. The third-order valence-electron chi connectivity index (χ3n) is 4.99. The molecule has 1 heterocycles. The van der Waals surface area contributed by atoms with E-state index in [1.807, 2.05) is 17.0 Å². The van der Waals surface area contributed by atoms with Crippen LogP contribution in [0.25, 0.3) is 0 Å². The summed E-state index contributed by atoms with van der Waals surface area (Å²) in [7, 11) is 0. The highest BCUT2D eigenvalue weighted by molar-refractivity contribution is 5.79. The normalized spacial score (nSPS) is 13.6. The number of rotatable bonds is 5. The average Bonchev–Trinajstić information content (AvgIpc) is 3.30. The monoisotopic (exact) mass is 349 g/mol. The Morgan fingerprint density at radius 3 is 2.42 bits per heavy atom. The molecule has 1 aromatic heterocycles. The fourth-order valence-corrected chi connectivity index (χ4v) is 3.63. The number of benzene rings is 2. The first-order valence-electron chi connectivity index (χ1n) is 8.78. The second-order valence-corrected chi connectivity index (χ2v) is 6.70. The lowest BCUT2D eigenvalue weighted by Crippen LogP contribution is -2.41. The molecule has 5 heteroatoms. The summed E-state index contributed by atoms with van der Waals surface area (Å²) in [4.78, 5) is 14.8. The molecule has 4 rings (SSSR count). The lowest BCUT2D eigenvalue weighted by molar-refractivity contribution is -0.133. The van der Waals surface area contributed by atoms with Crippen molar-refractivity contribution in [2.45, 2.75) is 31.8 Å². The maximum atomic E-state index is 14.2. The van der Waals surface area contributed by atoms with Crippen LogP contribution in [0.4, 0.5) is 4.39 Å². The second kappa shape index (κ2) is 7.12. The highest BCUT2D eigenvalue weighted by Gasteiger charge is 2.30. The lowest BCUT2D eigenvalue weighted by Gasteiger charge is -2.29. The standard InChI is InChI=1S/C21H20FN3O/c22-20-8-4-3-7-17(20)14-25(21(26)13-18-9-10-23-24-18)19-11-15-5-1-2-6-16(15)12-19/h1-10,19H,11-14H2,(H,23,24). The smallest absolute Gasteiger partial charge is 0.229 e. The van der Waals surface area contributed by atoms with Crippen LogP contribution in [0.5, 0.6) is 0 Å². The van der Waals surface area contributed by atoms with Crippen molar-refractivity contribution in [1.29, 1.82) is 0 Å². The van der Waals surface area contributed by atoms with Crippen LogP contribution in [0.15, 0.2) is 60.8 Å². The molecule has 4 nitrogen and oxygen atoms in total. The van der Waals surface area contributed by atoms with E-state index in [0.29, 0.717) is 5.56 Å². The number of H-pyrrole nitrogens is 1. The zero-order chi connectivity index (χ0) is 17.9. The third-order valence-corrected chi connectivity index (χ3v) is 4.99. The first-order valence-corrected chi connectivity index (χ1v) is 8.78. The molecule has 26 heavy (non-hydrogen) atoms. The van der Waals surface area contributed by atoms with Gasteiger partial charge in [0.05, 0.1) is 6.42 Å². The molecule has 0 saturated heterocycles. The molecular formula is C21H20FN3O. The van der Waals surface area contributed by atoms with Gasteiger partial charge in [0.15, 0.2) is 0 Å². The number of hydrogen-bond donors (Lipinski definition) is 1. The van der Waals surface area contributed by atoms with Crippen molar-refractivity contribution in [2.75, 3.05) is 0 Å². The van der Waals surface area contributed by atoms with Crippen LogP contribution in [0.3, 0.4) is 0 Å². The van der Waals surface area contributed by atoms with Crippen molar-refractivity contribution < 1.29 is 9.18 Å². The quantitative estimate of drug-likeness (QED) is 0.768. The van der Waals surface area contributed by atoms with E-state index in [-0.39, 0.29) is 30.7 Å². The number of carbonyl (C=O) groups is 1. The molecule has 0 atom stereocenters. The van der Waals surface area contributed by atoms with E-state index in [2.05, 4.69) is 22.3 Å². The summed E-state index contributed by atoms with van der Waals surface area (Å²) in [6, 6.07) is 16.8. The molecule has 0 saturated carbocycles. The first kappa shape index (κ1) is 16.5. The zero-order valence-corrected chi connectivity index (χ0v) is 14.4. The van der Waals surface area contributed by atoms with Crippen molar-refractivity contribution in [3.05, 3.63) is 89.0 Å². The highest BCUT2D eigenvalue weighted by atomic mass is 19.1. The molecule has 2 aromatic carbocycles. The Kier molecular flexibility index (Phi) is 4.52. The third kappa shape index (κ3) is 3.38. The molecular weight excluding hydrogens is 329 g/mol. The van der Waals surface area contributed by atoms with Crippen LogP contribution in [-0.4, -0.2) is 27.0 Å². The average molecular weight is 349 g/mol. The molecule has 3 aromatic rings. The number of hydrogen-bond acceptors (Lipinski definition) is 2. The zero-order valence-electron chi connectivity index (χ0n) is 14.4. The van der Waals surface area contributed by atoms with Crippen molar-refractivity contribution in [3.8, 4) is 0 Å². The van der Waals surface area contributed by atoms with Crippen LogP contribution >= 0.6 is 0 Å². The second-order valence-electron chi connectivity index (χ2n) is 6.70. The van der Waals surface area contributed by atoms with Gasteiger partial charge >= 0.3 is 0 Å². The van der Waals surface area contributed by atoms with E-state index >= 15 is 0 Å². The summed E-state index contributed by atoms with van der Waals surface area (Å²) in [5.74, 6) is -0.294. The van der Waals surface area contributed by atoms with E-state index < -0.39 is 0 Å². The Labute approximate surface area is 151 Å². The molecule has 1 aliphatic rings. The number of halogens is 1. The van der Waals surface area contributed by atoms with Gasteiger partial charge in [0.25, 0.3) is 0 Å². The fraction of sp³-hybridized carbons (Fsp3) is 0.238. The van der Waals surface area contributed by atoms with Gasteiger partial charge in [-0.3, -0.25) is 9.89 Å². The van der Waals surface area contributed by atoms with Crippen molar-refractivity contribution in [2.24, 2.45) is 0 Å². The van der Waals surface area contributed by atoms with Gasteiger partial charge in [-0.15, -0.1) is 0 Å². The number of aromatic nitrogens is 2. The van der Waals surface area contributed by atoms with Crippen molar-refractivity contribution in [3.63, 3.8) is 0 Å². The SMILES string of the molecule is O=C(Cc1ccn[nH]1)N(Cc1ccccc1F)C1Cc2ccccc2C1. The van der Waals surface area contributed by atoms with Crippen LogP contribution < -0.4 is 0 Å². The highest BCUT2D eigenvalue weighted by Crippen LogP contribution is 2.27. The van der Waals surface area contributed by atoms with Gasteiger partial charge in [-0.05, 0) is 36.1 Å². The Balaban J connectivity index is 1.59. The summed E-state index contributed by atoms with van der Waals surface area (Å²) >= 11 is 0. The molecule has 1 amide bonds. The van der Waals surface area contributed by atoms with Gasteiger partial charge in [-0.1, -0.05) is 42.5 Å². The summed E-state index contributed by atoms with van der Waals surface area (Å²) in [6.07, 6.45) is 3.48. The van der Waals surface area contributed by atoms with Crippen molar-refractivity contribution in [1.82, 2.24) is 15.1 Å². The Morgan fingerprint density at radius 2 is 1.77 bits per heavy atom. The number of aromatic amines is 1. The Morgan fingerprint density at radius 1 is 1.08 bits per heavy atom. The lowest BCUT2D eigenvalue weighted by atomic mass is 10.1. The number of amides is 1. The predicted molar refractivity (Wildman–Crippen MR) is 96.9 cm³/mol. The van der Waals surface area contributed by atoms with Gasteiger partial charge in [-0.25, -0.2) is 4.39 Å². The minimum absolute atomic E-state index is 0.0182. The largest absolute Gasteiger partial charge is 0.334 e. The molecule has 0 unspecified atom stereocenters. The fourth-order valence-electron chi connectivity index (χ4n) is 3.63. The predicted octanol–water partition coefficient (Wildman–Crippen LogP) is 3.29. The molecule has 0 radical (unpaired) electrons. The van der Waals surface area contributed by atoms with Gasteiger partial charge in [0.2, 0.25) is 5.91 Å². The molecule has 1 N–H and O–H groups in total. The number of nitrogens with zero attached hydrogens (tertiary/aromatic N) is 2. The van der Waals surface area contributed by atoms with Crippen molar-refractivity contribution >= 4 is 5.91 Å². The Hall–Kier alpha value is -2.95.